The molecule has 0 saturated carbocycles. The van der Waals surface area contributed by atoms with Crippen molar-refractivity contribution in [1.29, 1.82) is 0 Å². The maximum absolute atomic E-state index is 6.84. The molecule has 0 aliphatic rings. The summed E-state index contributed by atoms with van der Waals surface area (Å²) in [6, 6.07) is 5.49. The van der Waals surface area contributed by atoms with Crippen LogP contribution in [0.15, 0.2) is 24.5 Å². The molecule has 3 nitrogen and oxygen atoms in total. The van der Waals surface area contributed by atoms with E-state index in [1.165, 1.54) is 0 Å². The third kappa shape index (κ3) is 0.857. The van der Waals surface area contributed by atoms with Crippen LogP contribution in [0.1, 0.15) is 0 Å². The fourth-order valence-corrected chi connectivity index (χ4v) is 1.18. The molecule has 12 heavy (non-hydrogen) atoms. The van der Waals surface area contributed by atoms with Gasteiger partial charge in [-0.15, -0.1) is 0 Å². The van der Waals surface area contributed by atoms with Crippen molar-refractivity contribution in [2.45, 2.75) is 0 Å². The van der Waals surface area contributed by atoms with Crippen molar-refractivity contribution in [1.82, 2.24) is 9.55 Å². The predicted molar refractivity (Wildman–Crippen MR) is 47.0 cm³/mol. The highest BCUT2D eigenvalue weighted by atomic mass is 15.0. The van der Waals surface area contributed by atoms with Crippen LogP contribution in [0.3, 0.4) is 0 Å². The molecule has 58 valence electrons. The molecule has 0 atom stereocenters. The summed E-state index contributed by atoms with van der Waals surface area (Å²) in [6.45, 7) is 6.84. The molecule has 1 heterocycles. The molecule has 1 aromatic heterocycles. The van der Waals surface area contributed by atoms with E-state index in [1.54, 1.807) is 12.4 Å². The number of nitrogens with zero attached hydrogens (tertiary/aromatic N) is 3. The Bertz CT molecular complexity index is 462. The SMILES string of the molecule is [C-]#[N+]c1ccc2ncn(C)c2c1. The minimum absolute atomic E-state index is 0.658. The van der Waals surface area contributed by atoms with E-state index in [1.807, 2.05) is 23.7 Å². The van der Waals surface area contributed by atoms with Crippen LogP contribution in [-0.4, -0.2) is 9.55 Å². The molecule has 0 aliphatic heterocycles. The molecule has 0 N–H and O–H groups in total. The zero-order valence-corrected chi connectivity index (χ0v) is 6.65. The molecule has 2 aromatic rings. The van der Waals surface area contributed by atoms with Gasteiger partial charge in [-0.05, 0) is 12.1 Å². The molecule has 0 fully saturated rings. The van der Waals surface area contributed by atoms with Crippen molar-refractivity contribution in [2.75, 3.05) is 0 Å². The van der Waals surface area contributed by atoms with Crippen LogP contribution in [0.4, 0.5) is 5.69 Å². The van der Waals surface area contributed by atoms with Gasteiger partial charge in [0.1, 0.15) is 0 Å². The number of fused-ring (bicyclic) bond motifs is 1. The summed E-state index contributed by atoms with van der Waals surface area (Å²) in [6.07, 6.45) is 1.75. The smallest absolute Gasteiger partial charge is 0.189 e. The first-order chi connectivity index (χ1) is 5.81. The molecule has 0 radical (unpaired) electrons. The number of rotatable bonds is 0. The lowest BCUT2D eigenvalue weighted by atomic mass is 10.3. The third-order valence-electron chi connectivity index (χ3n) is 1.84. The van der Waals surface area contributed by atoms with E-state index in [0.29, 0.717) is 5.69 Å². The largest absolute Gasteiger partial charge is 0.335 e. The minimum atomic E-state index is 0.658. The Labute approximate surface area is 70.1 Å². The van der Waals surface area contributed by atoms with E-state index in [0.717, 1.165) is 11.0 Å². The van der Waals surface area contributed by atoms with Gasteiger partial charge >= 0.3 is 0 Å². The Morgan fingerprint density at radius 2 is 2.33 bits per heavy atom. The standard InChI is InChI=1S/C9H7N3/c1-10-7-3-4-8-9(5-7)12(2)6-11-8/h3-6H,2H3. The molecule has 0 saturated heterocycles. The zero-order valence-electron chi connectivity index (χ0n) is 6.65. The van der Waals surface area contributed by atoms with Crippen LogP contribution in [0, 0.1) is 6.57 Å². The topological polar surface area (TPSA) is 22.2 Å². The molecule has 1 aromatic carbocycles. The molecule has 2 rings (SSSR count). The van der Waals surface area contributed by atoms with Gasteiger partial charge in [0.15, 0.2) is 5.69 Å². The fraction of sp³-hybridized carbons (Fsp3) is 0.111. The highest BCUT2D eigenvalue weighted by molar-refractivity contribution is 5.79. The summed E-state index contributed by atoms with van der Waals surface area (Å²) >= 11 is 0. The second-order valence-electron chi connectivity index (χ2n) is 2.64. The van der Waals surface area contributed by atoms with Gasteiger partial charge in [0, 0.05) is 7.05 Å². The van der Waals surface area contributed by atoms with Gasteiger partial charge < -0.3 is 4.57 Å². The number of hydrogen-bond donors (Lipinski definition) is 0. The average Bonchev–Trinajstić information content (AvgIpc) is 2.47. The van der Waals surface area contributed by atoms with Crippen LogP contribution >= 0.6 is 0 Å². The maximum atomic E-state index is 6.84. The van der Waals surface area contributed by atoms with Gasteiger partial charge in [-0.1, -0.05) is 6.07 Å². The summed E-state index contributed by atoms with van der Waals surface area (Å²) in [7, 11) is 1.92. The summed E-state index contributed by atoms with van der Waals surface area (Å²) in [5.41, 5.74) is 2.60. The first-order valence-corrected chi connectivity index (χ1v) is 3.60. The highest BCUT2D eigenvalue weighted by Gasteiger charge is 1.99. The summed E-state index contributed by atoms with van der Waals surface area (Å²) in [4.78, 5) is 7.50. The summed E-state index contributed by atoms with van der Waals surface area (Å²) in [5, 5.41) is 0. The van der Waals surface area contributed by atoms with Gasteiger partial charge in [-0.3, -0.25) is 0 Å². The van der Waals surface area contributed by atoms with Crippen molar-refractivity contribution in [3.8, 4) is 0 Å². The Kier molecular flexibility index (Phi) is 1.34. The van der Waals surface area contributed by atoms with Gasteiger partial charge in [0.25, 0.3) is 0 Å². The molecule has 0 aliphatic carbocycles. The minimum Gasteiger partial charge on any atom is -0.335 e. The predicted octanol–water partition coefficient (Wildman–Crippen LogP) is 2.12. The lowest BCUT2D eigenvalue weighted by Crippen LogP contribution is -1.82. The van der Waals surface area contributed by atoms with E-state index in [9.17, 15) is 0 Å². The van der Waals surface area contributed by atoms with E-state index < -0.39 is 0 Å². The first kappa shape index (κ1) is 6.86. The van der Waals surface area contributed by atoms with E-state index in [4.69, 9.17) is 6.57 Å². The van der Waals surface area contributed by atoms with Gasteiger partial charge in [-0.2, -0.15) is 0 Å². The average molecular weight is 157 g/mol. The lowest BCUT2D eigenvalue weighted by Gasteiger charge is -1.93. The van der Waals surface area contributed by atoms with Crippen molar-refractivity contribution >= 4 is 16.7 Å². The van der Waals surface area contributed by atoms with Crippen molar-refractivity contribution < 1.29 is 0 Å². The molecule has 0 spiro atoms. The van der Waals surface area contributed by atoms with Crippen molar-refractivity contribution in [2.24, 2.45) is 7.05 Å². The quantitative estimate of drug-likeness (QED) is 0.537. The first-order valence-electron chi connectivity index (χ1n) is 3.60. The Morgan fingerprint density at radius 3 is 3.08 bits per heavy atom. The fourth-order valence-electron chi connectivity index (χ4n) is 1.18. The monoisotopic (exact) mass is 157 g/mol. The number of aromatic nitrogens is 2. The van der Waals surface area contributed by atoms with E-state index in [2.05, 4.69) is 9.83 Å². The number of hydrogen-bond acceptors (Lipinski definition) is 1. The van der Waals surface area contributed by atoms with E-state index in [-0.39, 0.29) is 0 Å². The second kappa shape index (κ2) is 2.35. The second-order valence-corrected chi connectivity index (χ2v) is 2.64. The van der Waals surface area contributed by atoms with Gasteiger partial charge in [0.2, 0.25) is 0 Å². The molecular formula is C9H7N3. The van der Waals surface area contributed by atoms with Crippen LogP contribution in [0.25, 0.3) is 15.9 Å². The van der Waals surface area contributed by atoms with Crippen molar-refractivity contribution in [3.05, 3.63) is 35.9 Å². The molecule has 0 bridgehead atoms. The summed E-state index contributed by atoms with van der Waals surface area (Å²) in [5.74, 6) is 0. The van der Waals surface area contributed by atoms with E-state index >= 15 is 0 Å². The van der Waals surface area contributed by atoms with Crippen LogP contribution < -0.4 is 0 Å². The lowest BCUT2D eigenvalue weighted by molar-refractivity contribution is 0.948. The maximum Gasteiger partial charge on any atom is 0.189 e. The number of imidazole rings is 1. The number of benzene rings is 1. The Morgan fingerprint density at radius 1 is 1.50 bits per heavy atom. The molecule has 0 unspecified atom stereocenters. The normalized spacial score (nSPS) is 10.0. The third-order valence-corrected chi connectivity index (χ3v) is 1.84. The Hall–Kier alpha value is -1.82. The van der Waals surface area contributed by atoms with Crippen molar-refractivity contribution in [3.63, 3.8) is 0 Å². The van der Waals surface area contributed by atoms with Gasteiger partial charge in [-0.25, -0.2) is 9.83 Å². The van der Waals surface area contributed by atoms with Crippen LogP contribution in [-0.2, 0) is 7.05 Å². The van der Waals surface area contributed by atoms with Crippen LogP contribution in [0.5, 0.6) is 0 Å². The molecule has 0 amide bonds. The highest BCUT2D eigenvalue weighted by Crippen LogP contribution is 2.19. The summed E-state index contributed by atoms with van der Waals surface area (Å²) < 4.78 is 1.91. The zero-order chi connectivity index (χ0) is 8.55. The van der Waals surface area contributed by atoms with Crippen LogP contribution in [0.2, 0.25) is 0 Å². The number of aryl methyl sites for hydroxylation is 1. The van der Waals surface area contributed by atoms with Gasteiger partial charge in [0.05, 0.1) is 23.9 Å². The molecule has 3 heteroatoms. The molecular weight excluding hydrogens is 150 g/mol. The Balaban J connectivity index is 2.82.